The van der Waals surface area contributed by atoms with Crippen molar-refractivity contribution in [2.45, 2.75) is 104 Å². The average Bonchev–Trinajstić information content (AvgIpc) is 2.80. The highest BCUT2D eigenvalue weighted by Crippen LogP contribution is 2.32. The molecule has 0 N–H and O–H groups in total. The van der Waals surface area contributed by atoms with Gasteiger partial charge in [-0.2, -0.15) is 0 Å². The zero-order valence-electron chi connectivity index (χ0n) is 19.5. The van der Waals surface area contributed by atoms with E-state index in [-0.39, 0.29) is 0 Å². The van der Waals surface area contributed by atoms with Crippen molar-refractivity contribution in [1.82, 2.24) is 0 Å². The summed E-state index contributed by atoms with van der Waals surface area (Å²) in [6, 6.07) is 8.63. The summed E-state index contributed by atoms with van der Waals surface area (Å²) in [5.41, 5.74) is 2.29. The Morgan fingerprint density at radius 1 is 0.600 bits per heavy atom. The summed E-state index contributed by atoms with van der Waals surface area (Å²) in [4.78, 5) is 0. The molecule has 1 aromatic rings. The fourth-order valence-electron chi connectivity index (χ4n) is 5.18. The van der Waals surface area contributed by atoms with Crippen LogP contribution in [-0.2, 0) is 0 Å². The van der Waals surface area contributed by atoms with E-state index in [9.17, 15) is 0 Å². The molecule has 1 aromatic carbocycles. The summed E-state index contributed by atoms with van der Waals surface area (Å²) in [5.74, 6) is 17.1. The topological polar surface area (TPSA) is 0 Å². The normalized spacial score (nSPS) is 26.2. The second-order valence-electron chi connectivity index (χ2n) is 9.84. The van der Waals surface area contributed by atoms with Crippen LogP contribution in [0.25, 0.3) is 0 Å². The van der Waals surface area contributed by atoms with Gasteiger partial charge in [-0.1, -0.05) is 76.1 Å². The van der Waals surface area contributed by atoms with Crippen LogP contribution in [0.15, 0.2) is 24.3 Å². The van der Waals surface area contributed by atoms with Gasteiger partial charge in [-0.25, -0.2) is 0 Å². The zero-order chi connectivity index (χ0) is 21.0. The molecule has 0 heterocycles. The Bertz CT molecular complexity index is 651. The molecule has 2 aliphatic carbocycles. The molecule has 0 radical (unpaired) electrons. The van der Waals surface area contributed by atoms with Crippen LogP contribution in [-0.4, -0.2) is 0 Å². The number of hydrogen-bond donors (Lipinski definition) is 0. The van der Waals surface area contributed by atoms with E-state index in [1.807, 2.05) is 0 Å². The number of unbranched alkanes of at least 4 members (excludes halogenated alkanes) is 2. The lowest BCUT2D eigenvalue weighted by molar-refractivity contribution is 0.296. The van der Waals surface area contributed by atoms with Gasteiger partial charge in [0.2, 0.25) is 0 Å². The van der Waals surface area contributed by atoms with Gasteiger partial charge >= 0.3 is 0 Å². The molecular formula is C30H42. The minimum atomic E-state index is 0.606. The molecule has 2 aliphatic rings. The number of rotatable bonds is 6. The summed E-state index contributed by atoms with van der Waals surface area (Å²) in [6.45, 7) is 4.60. The first kappa shape index (κ1) is 23.0. The average molecular weight is 403 g/mol. The number of hydrogen-bond acceptors (Lipinski definition) is 0. The van der Waals surface area contributed by atoms with Crippen LogP contribution in [0.4, 0.5) is 0 Å². The predicted octanol–water partition coefficient (Wildman–Crippen LogP) is 8.38. The van der Waals surface area contributed by atoms with Gasteiger partial charge in [-0.05, 0) is 87.5 Å². The fourth-order valence-corrected chi connectivity index (χ4v) is 5.18. The van der Waals surface area contributed by atoms with Gasteiger partial charge in [0.1, 0.15) is 0 Å². The molecule has 0 unspecified atom stereocenters. The van der Waals surface area contributed by atoms with Gasteiger partial charge in [0, 0.05) is 23.0 Å². The first-order chi connectivity index (χ1) is 14.8. The second kappa shape index (κ2) is 12.9. The van der Waals surface area contributed by atoms with Crippen molar-refractivity contribution in [1.29, 1.82) is 0 Å². The Morgan fingerprint density at radius 3 is 1.30 bits per heavy atom. The fraction of sp³-hybridized carbons (Fsp3) is 0.667. The minimum Gasteiger partial charge on any atom is -0.0945 e. The van der Waals surface area contributed by atoms with Gasteiger partial charge < -0.3 is 0 Å². The number of benzene rings is 1. The van der Waals surface area contributed by atoms with E-state index in [0.29, 0.717) is 11.8 Å². The Balaban J connectivity index is 1.42. The van der Waals surface area contributed by atoms with Crippen LogP contribution in [0.3, 0.4) is 0 Å². The van der Waals surface area contributed by atoms with Gasteiger partial charge in [0.05, 0.1) is 0 Å². The van der Waals surface area contributed by atoms with E-state index >= 15 is 0 Å². The maximum absolute atomic E-state index is 3.55. The molecule has 162 valence electrons. The highest BCUT2D eigenvalue weighted by molar-refractivity contribution is 5.42. The van der Waals surface area contributed by atoms with Crippen molar-refractivity contribution in [2.24, 2.45) is 23.7 Å². The minimum absolute atomic E-state index is 0.606. The summed E-state index contributed by atoms with van der Waals surface area (Å²) in [6.07, 6.45) is 19.0. The third-order valence-electron chi connectivity index (χ3n) is 7.35. The van der Waals surface area contributed by atoms with Crippen molar-refractivity contribution in [2.75, 3.05) is 0 Å². The Hall–Kier alpha value is -1.66. The van der Waals surface area contributed by atoms with E-state index in [2.05, 4.69) is 61.8 Å². The van der Waals surface area contributed by atoms with Crippen molar-refractivity contribution in [3.05, 3.63) is 35.4 Å². The molecule has 0 spiro atoms. The molecule has 0 aromatic heterocycles. The van der Waals surface area contributed by atoms with Crippen molar-refractivity contribution in [3.63, 3.8) is 0 Å². The smallest absolute Gasteiger partial charge is 0.0246 e. The molecule has 3 rings (SSSR count). The summed E-state index contributed by atoms with van der Waals surface area (Å²) in [5, 5.41) is 0. The highest BCUT2D eigenvalue weighted by Gasteiger charge is 2.20. The molecule has 0 atom stereocenters. The molecular weight excluding hydrogens is 360 g/mol. The molecule has 2 fully saturated rings. The molecule has 0 saturated heterocycles. The summed E-state index contributed by atoms with van der Waals surface area (Å²) in [7, 11) is 0. The molecule has 0 heteroatoms. The molecule has 30 heavy (non-hydrogen) atoms. The van der Waals surface area contributed by atoms with Gasteiger partial charge in [0.15, 0.2) is 0 Å². The maximum atomic E-state index is 3.55. The van der Waals surface area contributed by atoms with Crippen LogP contribution in [0.2, 0.25) is 0 Å². The first-order valence-electron chi connectivity index (χ1n) is 12.9. The van der Waals surface area contributed by atoms with Crippen molar-refractivity contribution < 1.29 is 0 Å². The lowest BCUT2D eigenvalue weighted by Gasteiger charge is -2.25. The van der Waals surface area contributed by atoms with Crippen LogP contribution in [0.1, 0.15) is 115 Å². The van der Waals surface area contributed by atoms with Crippen LogP contribution in [0, 0.1) is 47.4 Å². The van der Waals surface area contributed by atoms with Gasteiger partial charge in [-0.15, -0.1) is 0 Å². The molecule has 0 aliphatic heterocycles. The zero-order valence-corrected chi connectivity index (χ0v) is 19.5. The standard InChI is InChI=1S/C30H42/c1-3-5-7-25-9-13-27(14-10-25)17-19-29-21-23-30(24-22-29)20-18-28-15-11-26(12-16-28)8-6-4-2/h21-28H,3-16H2,1-2H3/t25-,26-,27-,28-. The van der Waals surface area contributed by atoms with Gasteiger partial charge in [-0.3, -0.25) is 0 Å². The van der Waals surface area contributed by atoms with Crippen molar-refractivity contribution >= 4 is 0 Å². The molecule has 0 bridgehead atoms. The van der Waals surface area contributed by atoms with Crippen molar-refractivity contribution in [3.8, 4) is 23.7 Å². The third-order valence-corrected chi connectivity index (χ3v) is 7.35. The van der Waals surface area contributed by atoms with E-state index in [0.717, 1.165) is 23.0 Å². The SMILES string of the molecule is CCCC[C@H]1CC[C@H](C#Cc2ccc(C#C[C@H]3CC[C@H](CCCC)CC3)cc2)CC1. The second-order valence-corrected chi connectivity index (χ2v) is 9.84. The summed E-state index contributed by atoms with van der Waals surface area (Å²) < 4.78 is 0. The van der Waals surface area contributed by atoms with Crippen LogP contribution >= 0.6 is 0 Å². The largest absolute Gasteiger partial charge is 0.0945 e. The molecule has 0 amide bonds. The third kappa shape index (κ3) is 7.88. The molecule has 2 saturated carbocycles. The maximum Gasteiger partial charge on any atom is 0.0246 e. The van der Waals surface area contributed by atoms with E-state index in [4.69, 9.17) is 0 Å². The Morgan fingerprint density at radius 2 is 0.967 bits per heavy atom. The van der Waals surface area contributed by atoms with E-state index < -0.39 is 0 Å². The summed E-state index contributed by atoms with van der Waals surface area (Å²) >= 11 is 0. The lowest BCUT2D eigenvalue weighted by Crippen LogP contribution is -2.13. The Kier molecular flexibility index (Phi) is 9.90. The van der Waals surface area contributed by atoms with E-state index in [1.165, 1.54) is 89.9 Å². The Labute approximate surface area is 186 Å². The van der Waals surface area contributed by atoms with E-state index in [1.54, 1.807) is 0 Å². The van der Waals surface area contributed by atoms with Crippen LogP contribution in [0.5, 0.6) is 0 Å². The quantitative estimate of drug-likeness (QED) is 0.419. The predicted molar refractivity (Wildman–Crippen MR) is 130 cm³/mol. The first-order valence-corrected chi connectivity index (χ1v) is 12.9. The molecule has 0 nitrogen and oxygen atoms in total. The highest BCUT2D eigenvalue weighted by atomic mass is 14.2. The monoisotopic (exact) mass is 402 g/mol. The van der Waals surface area contributed by atoms with Gasteiger partial charge in [0.25, 0.3) is 0 Å². The lowest BCUT2D eigenvalue weighted by atomic mass is 9.80. The van der Waals surface area contributed by atoms with Crippen LogP contribution < -0.4 is 0 Å².